The van der Waals surface area contributed by atoms with Gasteiger partial charge in [0.25, 0.3) is 5.91 Å². The summed E-state index contributed by atoms with van der Waals surface area (Å²) in [7, 11) is 1.74. The van der Waals surface area contributed by atoms with Crippen molar-refractivity contribution in [3.63, 3.8) is 0 Å². The molecule has 7 nitrogen and oxygen atoms in total. The minimum atomic E-state index is -0.920. The molecule has 0 bridgehead atoms. The van der Waals surface area contributed by atoms with Crippen molar-refractivity contribution in [1.82, 2.24) is 14.7 Å². The van der Waals surface area contributed by atoms with Gasteiger partial charge in [-0.05, 0) is 12.0 Å². The maximum Gasteiger partial charge on any atom is 0.306 e. The van der Waals surface area contributed by atoms with Crippen molar-refractivity contribution in [1.29, 1.82) is 0 Å². The second-order valence-electron chi connectivity index (χ2n) is 5.57. The molecule has 7 heteroatoms. The summed E-state index contributed by atoms with van der Waals surface area (Å²) in [5.41, 5.74) is 1.39. The van der Waals surface area contributed by atoms with Gasteiger partial charge in [0.05, 0.1) is 24.8 Å². The third-order valence-corrected chi connectivity index (χ3v) is 3.54. The van der Waals surface area contributed by atoms with Gasteiger partial charge in [-0.3, -0.25) is 14.3 Å². The third-order valence-electron chi connectivity index (χ3n) is 3.54. The molecule has 1 saturated heterocycles. The number of carbonyl (C=O) groups is 2. The number of hydrogen-bond acceptors (Lipinski definition) is 4. The van der Waals surface area contributed by atoms with E-state index >= 15 is 0 Å². The second kappa shape index (κ2) is 6.26. The molecule has 1 N–H and O–H groups in total. The van der Waals surface area contributed by atoms with Crippen LogP contribution in [-0.2, 0) is 16.6 Å². The topological polar surface area (TPSA) is 84.7 Å². The summed E-state index contributed by atoms with van der Waals surface area (Å²) < 4.78 is 6.96. The predicted octanol–water partition coefficient (Wildman–Crippen LogP) is 0.859. The van der Waals surface area contributed by atoms with E-state index in [2.05, 4.69) is 5.10 Å². The number of aliphatic carboxylic acids is 1. The maximum atomic E-state index is 12.5. The number of ether oxygens (including phenoxy) is 1. The van der Waals surface area contributed by atoms with Crippen molar-refractivity contribution in [2.45, 2.75) is 32.3 Å². The van der Waals surface area contributed by atoms with Crippen molar-refractivity contribution < 1.29 is 19.4 Å². The Balaban J connectivity index is 2.10. The van der Waals surface area contributed by atoms with E-state index in [1.165, 1.54) is 0 Å². The highest BCUT2D eigenvalue weighted by Gasteiger charge is 2.28. The number of aryl methyl sites for hydroxylation is 1. The largest absolute Gasteiger partial charge is 0.481 e. The molecule has 0 aromatic carbocycles. The van der Waals surface area contributed by atoms with Crippen LogP contribution < -0.4 is 0 Å². The zero-order valence-electron chi connectivity index (χ0n) is 12.6. The van der Waals surface area contributed by atoms with E-state index < -0.39 is 12.1 Å². The molecule has 2 rings (SSSR count). The van der Waals surface area contributed by atoms with E-state index in [0.717, 1.165) is 5.69 Å². The highest BCUT2D eigenvalue weighted by atomic mass is 16.5. The average molecular weight is 295 g/mol. The quantitative estimate of drug-likeness (QED) is 0.890. The summed E-state index contributed by atoms with van der Waals surface area (Å²) in [6.07, 6.45) is -0.537. The zero-order valence-corrected chi connectivity index (χ0v) is 12.6. The summed E-state index contributed by atoms with van der Waals surface area (Å²) in [6.45, 7) is 5.17. The summed E-state index contributed by atoms with van der Waals surface area (Å²) in [4.78, 5) is 24.9. The van der Waals surface area contributed by atoms with Gasteiger partial charge >= 0.3 is 5.97 Å². The molecule has 0 radical (unpaired) electrons. The molecule has 0 saturated carbocycles. The van der Waals surface area contributed by atoms with E-state index in [-0.39, 0.29) is 18.2 Å². The first kappa shape index (κ1) is 15.5. The first-order valence-electron chi connectivity index (χ1n) is 7.05. The monoisotopic (exact) mass is 295 g/mol. The third kappa shape index (κ3) is 3.60. The van der Waals surface area contributed by atoms with Gasteiger partial charge in [0, 0.05) is 20.1 Å². The molecule has 116 valence electrons. The van der Waals surface area contributed by atoms with Crippen LogP contribution in [0.2, 0.25) is 0 Å². The molecule has 2 heterocycles. The van der Waals surface area contributed by atoms with Crippen LogP contribution >= 0.6 is 0 Å². The zero-order chi connectivity index (χ0) is 15.6. The fraction of sp³-hybridized carbons (Fsp3) is 0.643. The minimum absolute atomic E-state index is 0.0909. The minimum Gasteiger partial charge on any atom is -0.481 e. The van der Waals surface area contributed by atoms with Crippen molar-refractivity contribution in [3.8, 4) is 0 Å². The van der Waals surface area contributed by atoms with Crippen molar-refractivity contribution in [2.24, 2.45) is 7.05 Å². The van der Waals surface area contributed by atoms with Crippen LogP contribution in [0.15, 0.2) is 6.07 Å². The summed E-state index contributed by atoms with van der Waals surface area (Å²) in [5.74, 6) is -0.797. The molecule has 1 aliphatic heterocycles. The van der Waals surface area contributed by atoms with E-state index in [1.54, 1.807) is 22.7 Å². The Morgan fingerprint density at radius 3 is 2.81 bits per heavy atom. The number of rotatable bonds is 4. The van der Waals surface area contributed by atoms with Crippen LogP contribution in [0.4, 0.5) is 0 Å². The average Bonchev–Trinajstić information content (AvgIpc) is 2.80. The molecule has 1 unspecified atom stereocenters. The lowest BCUT2D eigenvalue weighted by Gasteiger charge is -2.32. The highest BCUT2D eigenvalue weighted by Crippen LogP contribution is 2.17. The van der Waals surface area contributed by atoms with Gasteiger partial charge in [-0.1, -0.05) is 13.8 Å². The Morgan fingerprint density at radius 2 is 2.24 bits per heavy atom. The summed E-state index contributed by atoms with van der Waals surface area (Å²) in [5, 5.41) is 13.2. The van der Waals surface area contributed by atoms with Crippen LogP contribution in [0.3, 0.4) is 0 Å². The number of amides is 1. The highest BCUT2D eigenvalue weighted by molar-refractivity contribution is 5.92. The first-order chi connectivity index (χ1) is 9.88. The van der Waals surface area contributed by atoms with Gasteiger partial charge < -0.3 is 14.7 Å². The molecule has 1 aliphatic rings. The van der Waals surface area contributed by atoms with Crippen LogP contribution in [0.1, 0.15) is 42.4 Å². The number of carbonyl (C=O) groups excluding carboxylic acids is 1. The van der Waals surface area contributed by atoms with Crippen molar-refractivity contribution >= 4 is 11.9 Å². The van der Waals surface area contributed by atoms with Crippen LogP contribution in [0.25, 0.3) is 0 Å². The van der Waals surface area contributed by atoms with E-state index in [1.807, 2.05) is 13.8 Å². The van der Waals surface area contributed by atoms with Crippen LogP contribution in [-0.4, -0.2) is 57.5 Å². The smallest absolute Gasteiger partial charge is 0.306 e. The molecule has 21 heavy (non-hydrogen) atoms. The SMILES string of the molecule is CC(C)c1cc(C(=O)N2CCOC(CC(=O)O)C2)n(C)n1. The Labute approximate surface area is 123 Å². The van der Waals surface area contributed by atoms with Gasteiger partial charge in [0.1, 0.15) is 5.69 Å². The standard InChI is InChI=1S/C14H21N3O4/c1-9(2)11-7-12(16(3)15-11)14(20)17-4-5-21-10(8-17)6-13(18)19/h7,9-10H,4-6,8H2,1-3H3,(H,18,19). The number of hydrogen-bond donors (Lipinski definition) is 1. The Bertz CT molecular complexity index is 538. The molecule has 1 amide bonds. The van der Waals surface area contributed by atoms with E-state index in [0.29, 0.717) is 25.4 Å². The number of morpholine rings is 1. The number of aromatic nitrogens is 2. The van der Waals surface area contributed by atoms with E-state index in [9.17, 15) is 9.59 Å². The van der Waals surface area contributed by atoms with Gasteiger partial charge in [0.2, 0.25) is 0 Å². The van der Waals surface area contributed by atoms with Gasteiger partial charge in [0.15, 0.2) is 0 Å². The first-order valence-corrected chi connectivity index (χ1v) is 7.05. The molecule has 1 aromatic heterocycles. The lowest BCUT2D eigenvalue weighted by molar-refractivity contribution is -0.141. The lowest BCUT2D eigenvalue weighted by Crippen LogP contribution is -2.46. The fourth-order valence-corrected chi connectivity index (χ4v) is 2.36. The molecule has 1 fully saturated rings. The van der Waals surface area contributed by atoms with Crippen molar-refractivity contribution in [2.75, 3.05) is 19.7 Å². The molecular formula is C14H21N3O4. The predicted molar refractivity (Wildman–Crippen MR) is 75.2 cm³/mol. The number of carboxylic acids is 1. The Morgan fingerprint density at radius 1 is 1.52 bits per heavy atom. The summed E-state index contributed by atoms with van der Waals surface area (Å²) in [6, 6.07) is 1.80. The summed E-state index contributed by atoms with van der Waals surface area (Å²) >= 11 is 0. The molecule has 1 aromatic rings. The fourth-order valence-electron chi connectivity index (χ4n) is 2.36. The number of carboxylic acid groups (broad SMARTS) is 1. The van der Waals surface area contributed by atoms with Crippen molar-refractivity contribution in [3.05, 3.63) is 17.5 Å². The maximum absolute atomic E-state index is 12.5. The molecule has 0 aliphatic carbocycles. The lowest BCUT2D eigenvalue weighted by atomic mass is 10.1. The number of nitrogens with zero attached hydrogens (tertiary/aromatic N) is 3. The van der Waals surface area contributed by atoms with Crippen LogP contribution in [0, 0.1) is 0 Å². The molecular weight excluding hydrogens is 274 g/mol. The van der Waals surface area contributed by atoms with Crippen LogP contribution in [0.5, 0.6) is 0 Å². The Kier molecular flexibility index (Phi) is 4.62. The van der Waals surface area contributed by atoms with E-state index in [4.69, 9.17) is 9.84 Å². The normalized spacial score (nSPS) is 19.0. The Hall–Kier alpha value is -1.89. The molecule has 0 spiro atoms. The van der Waals surface area contributed by atoms with Gasteiger partial charge in [-0.15, -0.1) is 0 Å². The van der Waals surface area contributed by atoms with Gasteiger partial charge in [-0.2, -0.15) is 5.10 Å². The second-order valence-corrected chi connectivity index (χ2v) is 5.57. The molecule has 1 atom stereocenters. The van der Waals surface area contributed by atoms with Gasteiger partial charge in [-0.25, -0.2) is 0 Å².